The third kappa shape index (κ3) is 2.73. The number of aryl methyl sites for hydroxylation is 1. The lowest BCUT2D eigenvalue weighted by Gasteiger charge is -2.04. The summed E-state index contributed by atoms with van der Waals surface area (Å²) in [5, 5.41) is 12.0. The molecule has 0 aliphatic carbocycles. The normalized spacial score (nSPS) is 11.2. The van der Waals surface area contributed by atoms with Gasteiger partial charge in [0.05, 0.1) is 6.20 Å². The van der Waals surface area contributed by atoms with Crippen molar-refractivity contribution in [2.45, 2.75) is 0 Å². The molecule has 0 spiro atoms. The number of carbonyl (C=O) groups is 1. The summed E-state index contributed by atoms with van der Waals surface area (Å²) in [6.45, 7) is 0. The van der Waals surface area contributed by atoms with Crippen LogP contribution in [0, 0.1) is 0 Å². The summed E-state index contributed by atoms with van der Waals surface area (Å²) in [6.07, 6.45) is 1.40. The molecule has 0 amide bonds. The van der Waals surface area contributed by atoms with Gasteiger partial charge in [-0.05, 0) is 0 Å². The summed E-state index contributed by atoms with van der Waals surface area (Å²) in [6, 6.07) is 1.43. The minimum absolute atomic E-state index is 0.228. The maximum atomic E-state index is 11.1. The topological polar surface area (TPSA) is 101 Å². The van der Waals surface area contributed by atoms with Crippen LogP contribution >= 0.6 is 0 Å². The van der Waals surface area contributed by atoms with E-state index in [0.717, 1.165) is 0 Å². The number of aromatic nitrogens is 2. The van der Waals surface area contributed by atoms with Crippen molar-refractivity contribution < 1.29 is 18.3 Å². The predicted molar refractivity (Wildman–Crippen MR) is 48.3 cm³/mol. The second-order valence-electron chi connectivity index (χ2n) is 2.59. The Morgan fingerprint density at radius 3 is 2.79 bits per heavy atom. The third-order valence-electron chi connectivity index (χ3n) is 1.39. The average molecular weight is 219 g/mol. The van der Waals surface area contributed by atoms with Crippen LogP contribution in [0.15, 0.2) is 12.3 Å². The minimum Gasteiger partial charge on any atom is -0.480 e. The van der Waals surface area contributed by atoms with Crippen molar-refractivity contribution in [1.82, 2.24) is 9.78 Å². The van der Waals surface area contributed by atoms with Gasteiger partial charge in [-0.2, -0.15) is 5.10 Å². The van der Waals surface area contributed by atoms with Crippen molar-refractivity contribution in [3.05, 3.63) is 12.3 Å². The largest absolute Gasteiger partial charge is 0.480 e. The van der Waals surface area contributed by atoms with E-state index in [1.807, 2.05) is 0 Å². The summed E-state index contributed by atoms with van der Waals surface area (Å²) >= 11 is 0. The molecule has 0 radical (unpaired) electrons. The Morgan fingerprint density at radius 1 is 1.71 bits per heavy atom. The van der Waals surface area contributed by atoms with E-state index < -0.39 is 21.7 Å². The highest BCUT2D eigenvalue weighted by molar-refractivity contribution is 7.93. The molecule has 0 unspecified atom stereocenters. The second kappa shape index (κ2) is 3.66. The van der Waals surface area contributed by atoms with Gasteiger partial charge in [0.25, 0.3) is 0 Å². The van der Waals surface area contributed by atoms with Crippen LogP contribution in [0.25, 0.3) is 0 Å². The first-order valence-corrected chi connectivity index (χ1v) is 5.26. The van der Waals surface area contributed by atoms with Gasteiger partial charge in [0, 0.05) is 13.1 Å². The molecule has 1 rings (SSSR count). The molecule has 0 fully saturated rings. The zero-order chi connectivity index (χ0) is 10.8. The molecule has 1 heterocycles. The fourth-order valence-electron chi connectivity index (χ4n) is 0.832. The molecule has 7 nitrogen and oxygen atoms in total. The van der Waals surface area contributed by atoms with Gasteiger partial charge in [-0.1, -0.05) is 0 Å². The van der Waals surface area contributed by atoms with Crippen LogP contribution in [0.5, 0.6) is 0 Å². The Hall–Kier alpha value is -1.57. The lowest BCUT2D eigenvalue weighted by atomic mass is 10.7. The van der Waals surface area contributed by atoms with Crippen LogP contribution in [0.3, 0.4) is 0 Å². The lowest BCUT2D eigenvalue weighted by molar-refractivity contribution is -0.134. The number of aliphatic carboxylic acids is 1. The molecule has 0 saturated carbocycles. The summed E-state index contributed by atoms with van der Waals surface area (Å²) in [5.41, 5.74) is 0. The zero-order valence-electron chi connectivity index (χ0n) is 7.34. The molecule has 1 aromatic rings. The smallest absolute Gasteiger partial charge is 0.320 e. The second-order valence-corrected chi connectivity index (χ2v) is 4.32. The molecular formula is C6H9N3O4S. The Morgan fingerprint density at radius 2 is 2.36 bits per heavy atom. The Bertz CT molecular complexity index is 436. The van der Waals surface area contributed by atoms with Crippen LogP contribution in [0.1, 0.15) is 0 Å². The Labute approximate surface area is 80.4 Å². The number of hydrogen-bond acceptors (Lipinski definition) is 4. The van der Waals surface area contributed by atoms with Gasteiger partial charge in [0.15, 0.2) is 5.75 Å². The maximum absolute atomic E-state index is 11.1. The van der Waals surface area contributed by atoms with Crippen molar-refractivity contribution in [1.29, 1.82) is 0 Å². The summed E-state index contributed by atoms with van der Waals surface area (Å²) in [4.78, 5) is 10.2. The molecule has 8 heteroatoms. The van der Waals surface area contributed by atoms with Gasteiger partial charge >= 0.3 is 5.97 Å². The minimum atomic E-state index is -3.84. The van der Waals surface area contributed by atoms with E-state index in [1.165, 1.54) is 16.9 Å². The molecule has 0 bridgehead atoms. The van der Waals surface area contributed by atoms with Gasteiger partial charge in [-0.25, -0.2) is 8.42 Å². The molecule has 1 aromatic heterocycles. The Balaban J connectivity index is 2.79. The number of carboxylic acids is 1. The number of nitrogens with one attached hydrogen (secondary N) is 1. The van der Waals surface area contributed by atoms with Crippen LogP contribution in [-0.2, 0) is 21.9 Å². The first-order valence-electron chi connectivity index (χ1n) is 3.61. The SMILES string of the molecule is Cn1nccc1NS(=O)(=O)CC(=O)O. The number of rotatable bonds is 4. The first kappa shape index (κ1) is 10.5. The van der Waals surface area contributed by atoms with E-state index in [2.05, 4.69) is 9.82 Å². The van der Waals surface area contributed by atoms with E-state index in [0.29, 0.717) is 0 Å². The van der Waals surface area contributed by atoms with E-state index in [-0.39, 0.29) is 5.82 Å². The van der Waals surface area contributed by atoms with E-state index in [9.17, 15) is 13.2 Å². The predicted octanol–water partition coefficient (Wildman–Crippen LogP) is -0.754. The van der Waals surface area contributed by atoms with Crippen molar-refractivity contribution in [3.63, 3.8) is 0 Å². The highest BCUT2D eigenvalue weighted by atomic mass is 32.2. The number of anilines is 1. The van der Waals surface area contributed by atoms with Gasteiger partial charge < -0.3 is 5.11 Å². The van der Waals surface area contributed by atoms with Crippen molar-refractivity contribution in [2.75, 3.05) is 10.5 Å². The third-order valence-corrected chi connectivity index (χ3v) is 2.54. The standard InChI is InChI=1S/C6H9N3O4S/c1-9-5(2-3-7-9)8-14(12,13)4-6(10)11/h2-3,8H,4H2,1H3,(H,10,11). The molecule has 0 aliphatic heterocycles. The lowest BCUT2D eigenvalue weighted by Crippen LogP contribution is -2.23. The van der Waals surface area contributed by atoms with Gasteiger partial charge in [-0.3, -0.25) is 14.2 Å². The van der Waals surface area contributed by atoms with Gasteiger partial charge in [0.1, 0.15) is 5.82 Å². The number of carboxylic acid groups (broad SMARTS) is 1. The molecule has 78 valence electrons. The number of sulfonamides is 1. The quantitative estimate of drug-likeness (QED) is 0.693. The molecule has 14 heavy (non-hydrogen) atoms. The number of hydrogen-bond donors (Lipinski definition) is 2. The summed E-state index contributed by atoms with van der Waals surface area (Å²) in [5.74, 6) is -2.14. The fraction of sp³-hybridized carbons (Fsp3) is 0.333. The first-order chi connectivity index (χ1) is 6.41. The van der Waals surface area contributed by atoms with Crippen molar-refractivity contribution in [2.24, 2.45) is 7.05 Å². The molecule has 0 saturated heterocycles. The Kier molecular flexibility index (Phi) is 2.75. The molecule has 0 atom stereocenters. The van der Waals surface area contributed by atoms with Crippen LogP contribution in [0.2, 0.25) is 0 Å². The maximum Gasteiger partial charge on any atom is 0.320 e. The highest BCUT2D eigenvalue weighted by Gasteiger charge is 2.16. The number of nitrogens with zero attached hydrogens (tertiary/aromatic N) is 2. The van der Waals surface area contributed by atoms with Crippen LogP contribution in [0.4, 0.5) is 5.82 Å². The average Bonchev–Trinajstić information content (AvgIpc) is 2.32. The van der Waals surface area contributed by atoms with Gasteiger partial charge in [0.2, 0.25) is 10.0 Å². The summed E-state index contributed by atoms with van der Waals surface area (Å²) < 4.78 is 25.6. The monoisotopic (exact) mass is 219 g/mol. The van der Waals surface area contributed by atoms with E-state index in [1.54, 1.807) is 7.05 Å². The molecule has 0 aliphatic rings. The molecular weight excluding hydrogens is 210 g/mol. The van der Waals surface area contributed by atoms with Crippen LogP contribution in [-0.4, -0.2) is 35.0 Å². The fourth-order valence-corrected chi connectivity index (χ4v) is 1.75. The van der Waals surface area contributed by atoms with Crippen molar-refractivity contribution >= 4 is 21.8 Å². The van der Waals surface area contributed by atoms with E-state index in [4.69, 9.17) is 5.11 Å². The summed E-state index contributed by atoms with van der Waals surface area (Å²) in [7, 11) is -2.30. The molecule has 0 aromatic carbocycles. The van der Waals surface area contributed by atoms with E-state index >= 15 is 0 Å². The van der Waals surface area contributed by atoms with Gasteiger partial charge in [-0.15, -0.1) is 0 Å². The van der Waals surface area contributed by atoms with Crippen LogP contribution < -0.4 is 4.72 Å². The zero-order valence-corrected chi connectivity index (χ0v) is 8.15. The van der Waals surface area contributed by atoms with Crippen molar-refractivity contribution in [3.8, 4) is 0 Å². The molecule has 2 N–H and O–H groups in total. The highest BCUT2D eigenvalue weighted by Crippen LogP contribution is 2.06.